The zero-order valence-corrected chi connectivity index (χ0v) is 14.9. The Morgan fingerprint density at radius 3 is 2.50 bits per heavy atom. The summed E-state index contributed by atoms with van der Waals surface area (Å²) < 4.78 is 31.9. The molecule has 2 aromatic rings. The molecule has 0 aliphatic heterocycles. The first-order valence-corrected chi connectivity index (χ1v) is 9.07. The van der Waals surface area contributed by atoms with E-state index < -0.39 is 16.0 Å². The predicted octanol–water partition coefficient (Wildman–Crippen LogP) is 2.04. The zero-order chi connectivity index (χ0) is 17.9. The molecule has 1 amide bonds. The number of hydrogen-bond donors (Lipinski definition) is 1. The summed E-state index contributed by atoms with van der Waals surface area (Å²) in [5.41, 5.74) is 0.268. The van der Waals surface area contributed by atoms with Crippen LogP contribution in [0.4, 0.5) is 5.00 Å². The molecule has 0 fully saturated rings. The van der Waals surface area contributed by atoms with Crippen LogP contribution in [0.3, 0.4) is 0 Å². The maximum atomic E-state index is 12.4. The smallest absolute Gasteiger partial charge is 0.348 e. The van der Waals surface area contributed by atoms with Crippen LogP contribution in [0, 0.1) is 0 Å². The molecule has 1 aromatic carbocycles. The van der Waals surface area contributed by atoms with Crippen LogP contribution in [0.15, 0.2) is 41.3 Å². The number of hydrogen-bond acceptors (Lipinski definition) is 6. The molecular weight excluding hydrogens is 352 g/mol. The predicted molar refractivity (Wildman–Crippen MR) is 90.9 cm³/mol. The van der Waals surface area contributed by atoms with Gasteiger partial charge in [0.1, 0.15) is 9.88 Å². The van der Waals surface area contributed by atoms with Gasteiger partial charge in [0.15, 0.2) is 0 Å². The number of amides is 1. The lowest BCUT2D eigenvalue weighted by atomic mass is 10.2. The Hall–Kier alpha value is -2.39. The zero-order valence-electron chi connectivity index (χ0n) is 13.3. The lowest BCUT2D eigenvalue weighted by Crippen LogP contribution is -2.22. The maximum Gasteiger partial charge on any atom is 0.348 e. The van der Waals surface area contributed by atoms with Crippen LogP contribution in [-0.4, -0.2) is 46.4 Å². The molecule has 24 heavy (non-hydrogen) atoms. The third-order valence-corrected chi connectivity index (χ3v) is 5.50. The van der Waals surface area contributed by atoms with E-state index in [0.29, 0.717) is 0 Å². The number of nitrogens with one attached hydrogen (secondary N) is 1. The summed E-state index contributed by atoms with van der Waals surface area (Å²) in [4.78, 5) is 25.0. The molecule has 1 heterocycles. The Balaban J connectivity index is 2.28. The number of thiophene rings is 1. The monoisotopic (exact) mass is 368 g/mol. The molecule has 0 saturated heterocycles. The molecule has 128 valence electrons. The van der Waals surface area contributed by atoms with Gasteiger partial charge in [0.25, 0.3) is 15.9 Å². The fourth-order valence-electron chi connectivity index (χ4n) is 1.85. The van der Waals surface area contributed by atoms with Gasteiger partial charge in [-0.25, -0.2) is 13.2 Å². The van der Waals surface area contributed by atoms with Gasteiger partial charge in [-0.15, -0.1) is 11.3 Å². The van der Waals surface area contributed by atoms with Crippen LogP contribution in [0.2, 0.25) is 0 Å². The highest BCUT2D eigenvalue weighted by atomic mass is 32.2. The third-order valence-electron chi connectivity index (χ3n) is 3.03. The summed E-state index contributed by atoms with van der Waals surface area (Å²) in [5.74, 6) is -0.833. The van der Waals surface area contributed by atoms with E-state index in [-0.39, 0.29) is 26.2 Å². The second-order valence-corrected chi connectivity index (χ2v) is 7.75. The van der Waals surface area contributed by atoms with Crippen molar-refractivity contribution >= 4 is 38.2 Å². The van der Waals surface area contributed by atoms with Crippen molar-refractivity contribution in [2.45, 2.75) is 4.90 Å². The molecular formula is C15H16N2O5S2. The molecule has 7 nitrogen and oxygen atoms in total. The molecule has 9 heteroatoms. The van der Waals surface area contributed by atoms with E-state index in [1.165, 1.54) is 42.3 Å². The van der Waals surface area contributed by atoms with Crippen LogP contribution in [0.1, 0.15) is 20.0 Å². The Kier molecular flexibility index (Phi) is 5.25. The van der Waals surface area contributed by atoms with Gasteiger partial charge in [-0.1, -0.05) is 6.07 Å². The number of nitrogens with zero attached hydrogens (tertiary/aromatic N) is 1. The first-order chi connectivity index (χ1) is 11.2. The van der Waals surface area contributed by atoms with E-state index in [0.717, 1.165) is 11.3 Å². The van der Waals surface area contributed by atoms with Crippen molar-refractivity contribution < 1.29 is 22.7 Å². The number of benzene rings is 1. The largest absolute Gasteiger partial charge is 0.465 e. The Bertz CT molecular complexity index is 871. The number of sulfonamides is 1. The van der Waals surface area contributed by atoms with Gasteiger partial charge in [-0.3, -0.25) is 9.52 Å². The van der Waals surface area contributed by atoms with Crippen LogP contribution in [0.25, 0.3) is 0 Å². The van der Waals surface area contributed by atoms with Gasteiger partial charge < -0.3 is 9.64 Å². The van der Waals surface area contributed by atoms with Crippen molar-refractivity contribution in [3.63, 3.8) is 0 Å². The summed E-state index contributed by atoms with van der Waals surface area (Å²) >= 11 is 0.963. The van der Waals surface area contributed by atoms with Crippen LogP contribution in [0.5, 0.6) is 0 Å². The third kappa shape index (κ3) is 3.92. The topological polar surface area (TPSA) is 92.8 Å². The number of anilines is 1. The fraction of sp³-hybridized carbons (Fsp3) is 0.200. The minimum absolute atomic E-state index is 0.0387. The number of carbonyl (C=O) groups is 2. The van der Waals surface area contributed by atoms with E-state index >= 15 is 0 Å². The van der Waals surface area contributed by atoms with Gasteiger partial charge in [0.05, 0.1) is 12.0 Å². The summed E-state index contributed by atoms with van der Waals surface area (Å²) in [5, 5.41) is 0.278. The van der Waals surface area contributed by atoms with Gasteiger partial charge in [0.2, 0.25) is 0 Å². The fourth-order valence-corrected chi connectivity index (χ4v) is 4.01. The van der Waals surface area contributed by atoms with Crippen molar-refractivity contribution in [1.82, 2.24) is 4.90 Å². The summed E-state index contributed by atoms with van der Waals surface area (Å²) in [6.45, 7) is 0. The lowest BCUT2D eigenvalue weighted by Gasteiger charge is -2.11. The highest BCUT2D eigenvalue weighted by molar-refractivity contribution is 7.93. The first kappa shape index (κ1) is 18.0. The Labute approximate surface area is 143 Å². The molecule has 0 radical (unpaired) electrons. The average molecular weight is 368 g/mol. The standard InChI is InChI=1S/C15H16N2O5S2/c1-17(2)14(18)10-5-4-6-11(9-10)24(20,21)16-13-8-7-12(23-13)15(19)22-3/h4-9,16H,1-3H3. The average Bonchev–Trinajstić information content (AvgIpc) is 3.01. The molecule has 0 bridgehead atoms. The summed E-state index contributed by atoms with van der Waals surface area (Å²) in [6.07, 6.45) is 0. The van der Waals surface area contributed by atoms with E-state index in [2.05, 4.69) is 9.46 Å². The number of ether oxygens (including phenoxy) is 1. The van der Waals surface area contributed by atoms with Crippen molar-refractivity contribution in [1.29, 1.82) is 0 Å². The number of esters is 1. The van der Waals surface area contributed by atoms with Crippen molar-refractivity contribution in [3.05, 3.63) is 46.8 Å². The molecule has 2 rings (SSSR count). The van der Waals surface area contributed by atoms with Crippen LogP contribution in [-0.2, 0) is 14.8 Å². The van der Waals surface area contributed by atoms with Crippen LogP contribution >= 0.6 is 11.3 Å². The quantitative estimate of drug-likeness (QED) is 0.815. The van der Waals surface area contributed by atoms with E-state index in [9.17, 15) is 18.0 Å². The molecule has 1 aromatic heterocycles. The van der Waals surface area contributed by atoms with Crippen molar-refractivity contribution in [2.24, 2.45) is 0 Å². The molecule has 0 aliphatic rings. The maximum absolute atomic E-state index is 12.4. The summed E-state index contributed by atoms with van der Waals surface area (Å²) in [7, 11) is 0.543. The first-order valence-electron chi connectivity index (χ1n) is 6.77. The second-order valence-electron chi connectivity index (χ2n) is 4.99. The molecule has 0 aliphatic carbocycles. The van der Waals surface area contributed by atoms with E-state index in [1.54, 1.807) is 20.2 Å². The second kappa shape index (κ2) is 7.02. The normalized spacial score (nSPS) is 11.0. The molecule has 0 unspecified atom stereocenters. The summed E-state index contributed by atoms with van der Waals surface area (Å²) in [6, 6.07) is 8.69. The van der Waals surface area contributed by atoms with Gasteiger partial charge in [0, 0.05) is 19.7 Å². The Morgan fingerprint density at radius 2 is 1.88 bits per heavy atom. The molecule has 0 spiro atoms. The highest BCUT2D eigenvalue weighted by Gasteiger charge is 2.19. The highest BCUT2D eigenvalue weighted by Crippen LogP contribution is 2.25. The van der Waals surface area contributed by atoms with Gasteiger partial charge >= 0.3 is 5.97 Å². The van der Waals surface area contributed by atoms with Gasteiger partial charge in [-0.05, 0) is 30.3 Å². The Morgan fingerprint density at radius 1 is 1.17 bits per heavy atom. The number of carbonyl (C=O) groups excluding carboxylic acids is 2. The van der Waals surface area contributed by atoms with Crippen molar-refractivity contribution in [2.75, 3.05) is 25.9 Å². The van der Waals surface area contributed by atoms with E-state index in [4.69, 9.17) is 0 Å². The van der Waals surface area contributed by atoms with Crippen LogP contribution < -0.4 is 4.72 Å². The SMILES string of the molecule is COC(=O)c1ccc(NS(=O)(=O)c2cccc(C(=O)N(C)C)c2)s1. The minimum Gasteiger partial charge on any atom is -0.465 e. The van der Waals surface area contributed by atoms with Gasteiger partial charge in [-0.2, -0.15) is 0 Å². The number of rotatable bonds is 5. The van der Waals surface area contributed by atoms with E-state index in [1.807, 2.05) is 0 Å². The number of methoxy groups -OCH3 is 1. The van der Waals surface area contributed by atoms with Crippen molar-refractivity contribution in [3.8, 4) is 0 Å². The molecule has 0 saturated carbocycles. The lowest BCUT2D eigenvalue weighted by molar-refractivity contribution is 0.0606. The molecule has 0 atom stereocenters. The minimum atomic E-state index is -3.88. The molecule has 1 N–H and O–H groups in total.